The number of nitriles is 1. The van der Waals surface area contributed by atoms with Crippen LogP contribution in [0.5, 0.6) is 11.5 Å². The van der Waals surface area contributed by atoms with Gasteiger partial charge >= 0.3 is 0 Å². The van der Waals surface area contributed by atoms with Crippen molar-refractivity contribution in [1.82, 2.24) is 0 Å². The second-order valence-electron chi connectivity index (χ2n) is 12.1. The molecular formula is C40H35Cl2NO4. The molecule has 47 heavy (non-hydrogen) atoms. The molecule has 0 saturated heterocycles. The minimum atomic E-state index is -1.68. The van der Waals surface area contributed by atoms with E-state index in [-0.39, 0.29) is 12.2 Å². The Morgan fingerprint density at radius 1 is 0.809 bits per heavy atom. The molecule has 7 atom stereocenters. The second kappa shape index (κ2) is 13.4. The van der Waals surface area contributed by atoms with Crippen molar-refractivity contribution in [2.75, 3.05) is 14.2 Å². The normalized spacial score (nSPS) is 28.5. The van der Waals surface area contributed by atoms with Gasteiger partial charge in [-0.25, -0.2) is 0 Å². The third-order valence-corrected chi connectivity index (χ3v) is 10.7. The third kappa shape index (κ3) is 5.76. The van der Waals surface area contributed by atoms with Crippen LogP contribution >= 0.6 is 23.2 Å². The van der Waals surface area contributed by atoms with Crippen LogP contribution in [0.3, 0.4) is 0 Å². The van der Waals surface area contributed by atoms with Crippen LogP contribution in [0, 0.1) is 22.7 Å². The van der Waals surface area contributed by atoms with Crippen molar-refractivity contribution < 1.29 is 19.4 Å². The monoisotopic (exact) mass is 663 g/mol. The molecule has 0 heterocycles. The number of hydrogen-bond donors (Lipinski definition) is 1. The Balaban J connectivity index is 1.72. The maximum Gasteiger partial charge on any atom is 0.169 e. The van der Waals surface area contributed by atoms with Crippen molar-refractivity contribution in [1.29, 1.82) is 5.26 Å². The number of aliphatic hydroxyl groups is 1. The highest BCUT2D eigenvalue weighted by molar-refractivity contribution is 6.32. The van der Waals surface area contributed by atoms with E-state index < -0.39 is 39.5 Å². The number of ether oxygens (including phenoxy) is 2. The average Bonchev–Trinajstić information content (AvgIpc) is 3.13. The predicted molar refractivity (Wildman–Crippen MR) is 185 cm³/mol. The molecule has 4 aromatic rings. The van der Waals surface area contributed by atoms with Crippen LogP contribution in [-0.2, 0) is 5.60 Å². The Morgan fingerprint density at radius 3 is 1.89 bits per heavy atom. The molecule has 5 nitrogen and oxygen atoms in total. The molecule has 0 bridgehead atoms. The van der Waals surface area contributed by atoms with Crippen molar-refractivity contribution in [2.45, 2.75) is 34.6 Å². The van der Waals surface area contributed by atoms with Gasteiger partial charge in [0.15, 0.2) is 5.78 Å². The molecule has 4 aromatic carbocycles. The fourth-order valence-electron chi connectivity index (χ4n) is 7.50. The highest BCUT2D eigenvalue weighted by Gasteiger charge is 2.65. The smallest absolute Gasteiger partial charge is 0.169 e. The second-order valence-corrected chi connectivity index (χ2v) is 13.1. The SMILES string of the molecule is COc1ccc([C@@H]2C[C@](O)(c3ccccc3)[C@@H](C(=O)c3ccccc3)[C@H](c3ccc(OC)cc3)[C@@]2(C#N)C2=C[C@@H](Cl)[C@@H](Cl)C=C2)cc1. The lowest BCUT2D eigenvalue weighted by Gasteiger charge is -2.56. The minimum Gasteiger partial charge on any atom is -0.497 e. The van der Waals surface area contributed by atoms with Gasteiger partial charge in [0, 0.05) is 17.4 Å². The quantitative estimate of drug-likeness (QED) is 0.151. The molecule has 0 amide bonds. The van der Waals surface area contributed by atoms with E-state index >= 15 is 4.79 Å². The standard InChI is InChI=1S/C40H35Cl2NO4/c1-46-31-18-13-26(14-19-31)33-24-40(45,29-11-7-4-8-12-29)37(38(44)28-9-5-3-6-10-28)36(27-15-20-32(47-2)21-16-27)39(33,25-43)30-17-22-34(41)35(42)23-30/h3-23,33-37,45H,24H2,1-2H3/t33-,34-,35+,36-,37+,39-,40-/m0/s1. The Kier molecular flexibility index (Phi) is 9.30. The topological polar surface area (TPSA) is 79.6 Å². The third-order valence-electron chi connectivity index (χ3n) is 9.78. The zero-order valence-electron chi connectivity index (χ0n) is 26.1. The Bertz CT molecular complexity index is 1820. The molecular weight excluding hydrogens is 629 g/mol. The summed E-state index contributed by atoms with van der Waals surface area (Å²) in [6, 6.07) is 36.0. The molecule has 0 spiro atoms. The summed E-state index contributed by atoms with van der Waals surface area (Å²) in [4.78, 5) is 15.0. The summed E-state index contributed by atoms with van der Waals surface area (Å²) in [6.45, 7) is 0. The molecule has 2 aliphatic carbocycles. The van der Waals surface area contributed by atoms with Crippen molar-refractivity contribution in [3.63, 3.8) is 0 Å². The first kappa shape index (κ1) is 32.6. The van der Waals surface area contributed by atoms with E-state index in [1.54, 1.807) is 32.4 Å². The first-order valence-electron chi connectivity index (χ1n) is 15.5. The largest absolute Gasteiger partial charge is 0.497 e. The van der Waals surface area contributed by atoms with Crippen LogP contribution in [-0.4, -0.2) is 35.9 Å². The number of halogens is 2. The van der Waals surface area contributed by atoms with Gasteiger partial charge in [-0.1, -0.05) is 103 Å². The molecule has 6 rings (SSSR count). The molecule has 1 fully saturated rings. The van der Waals surface area contributed by atoms with E-state index in [1.165, 1.54) is 0 Å². The summed E-state index contributed by atoms with van der Waals surface area (Å²) in [5.41, 5.74) is 0.172. The number of Topliss-reactive ketones (excluding diaryl/α,β-unsaturated/α-hetero) is 1. The van der Waals surface area contributed by atoms with Crippen molar-refractivity contribution in [2.24, 2.45) is 11.3 Å². The highest BCUT2D eigenvalue weighted by Crippen LogP contribution is 2.66. The number of benzene rings is 4. The molecule has 0 aliphatic heterocycles. The zero-order chi connectivity index (χ0) is 33.2. The number of alkyl halides is 2. The lowest BCUT2D eigenvalue weighted by atomic mass is 9.45. The average molecular weight is 665 g/mol. The minimum absolute atomic E-state index is 0.0786. The fraction of sp³-hybridized carbons (Fsp3) is 0.250. The summed E-state index contributed by atoms with van der Waals surface area (Å²) in [7, 11) is 3.19. The van der Waals surface area contributed by atoms with Crippen LogP contribution in [0.4, 0.5) is 0 Å². The fourth-order valence-corrected chi connectivity index (χ4v) is 7.87. The number of ketones is 1. The van der Waals surface area contributed by atoms with Gasteiger partial charge in [0.2, 0.25) is 0 Å². The summed E-state index contributed by atoms with van der Waals surface area (Å²) < 4.78 is 11.0. The van der Waals surface area contributed by atoms with Gasteiger partial charge in [-0.05, 0) is 52.9 Å². The van der Waals surface area contributed by atoms with Crippen LogP contribution in [0.25, 0.3) is 0 Å². The maximum atomic E-state index is 15.0. The number of hydrogen-bond acceptors (Lipinski definition) is 5. The van der Waals surface area contributed by atoms with E-state index in [0.29, 0.717) is 33.8 Å². The van der Waals surface area contributed by atoms with Crippen molar-refractivity contribution in [3.8, 4) is 17.6 Å². The van der Waals surface area contributed by atoms with Crippen LogP contribution < -0.4 is 9.47 Å². The molecule has 238 valence electrons. The first-order valence-corrected chi connectivity index (χ1v) is 16.4. The Morgan fingerprint density at radius 2 is 1.36 bits per heavy atom. The lowest BCUT2D eigenvalue weighted by Crippen LogP contribution is -2.56. The number of carbonyl (C=O) groups is 1. The molecule has 1 N–H and O–H groups in total. The highest BCUT2D eigenvalue weighted by atomic mass is 35.5. The molecule has 0 unspecified atom stereocenters. The molecule has 1 saturated carbocycles. The summed E-state index contributed by atoms with van der Waals surface area (Å²) in [5.74, 6) is -1.48. The number of rotatable bonds is 8. The zero-order valence-corrected chi connectivity index (χ0v) is 27.6. The van der Waals surface area contributed by atoms with Gasteiger partial charge < -0.3 is 14.6 Å². The van der Waals surface area contributed by atoms with Gasteiger partial charge in [-0.3, -0.25) is 4.79 Å². The van der Waals surface area contributed by atoms with E-state index in [9.17, 15) is 10.4 Å². The maximum absolute atomic E-state index is 15.0. The predicted octanol–water partition coefficient (Wildman–Crippen LogP) is 8.58. The molecule has 0 aromatic heterocycles. The molecule has 0 radical (unpaired) electrons. The van der Waals surface area contributed by atoms with Gasteiger partial charge in [-0.15, -0.1) is 23.2 Å². The number of allylic oxidation sites excluding steroid dienone is 4. The van der Waals surface area contributed by atoms with Gasteiger partial charge in [0.25, 0.3) is 0 Å². The van der Waals surface area contributed by atoms with E-state index in [0.717, 1.165) is 5.56 Å². The summed E-state index contributed by atoms with van der Waals surface area (Å²) in [6.07, 6.45) is 5.58. The van der Waals surface area contributed by atoms with Crippen LogP contribution in [0.15, 0.2) is 133 Å². The van der Waals surface area contributed by atoms with Gasteiger partial charge in [-0.2, -0.15) is 5.26 Å². The lowest BCUT2D eigenvalue weighted by molar-refractivity contribution is -0.0812. The van der Waals surface area contributed by atoms with E-state index in [2.05, 4.69) is 6.07 Å². The van der Waals surface area contributed by atoms with Crippen LogP contribution in [0.2, 0.25) is 0 Å². The van der Waals surface area contributed by atoms with Crippen molar-refractivity contribution >= 4 is 29.0 Å². The van der Waals surface area contributed by atoms with Gasteiger partial charge in [0.05, 0.1) is 42.4 Å². The molecule has 2 aliphatic rings. The Hall–Kier alpha value is -4.34. The number of methoxy groups -OCH3 is 2. The van der Waals surface area contributed by atoms with Crippen molar-refractivity contribution in [3.05, 3.63) is 155 Å². The number of carbonyl (C=O) groups excluding carboxylic acids is 1. The summed E-state index contributed by atoms with van der Waals surface area (Å²) >= 11 is 13.3. The summed E-state index contributed by atoms with van der Waals surface area (Å²) in [5, 5.41) is 23.9. The molecule has 7 heteroatoms. The first-order chi connectivity index (χ1) is 22.8. The van der Waals surface area contributed by atoms with E-state index in [1.807, 2.05) is 109 Å². The Labute approximate surface area is 285 Å². The van der Waals surface area contributed by atoms with E-state index in [4.69, 9.17) is 32.7 Å². The number of nitrogens with zero attached hydrogens (tertiary/aromatic N) is 1. The van der Waals surface area contributed by atoms with Crippen LogP contribution in [0.1, 0.15) is 45.3 Å². The van der Waals surface area contributed by atoms with Gasteiger partial charge in [0.1, 0.15) is 17.1 Å².